The molecule has 0 spiro atoms. The summed E-state index contributed by atoms with van der Waals surface area (Å²) in [7, 11) is 0. The molecule has 0 aliphatic carbocycles. The summed E-state index contributed by atoms with van der Waals surface area (Å²) in [5, 5.41) is 1.51. The number of halogens is 1. The molecule has 0 aliphatic heterocycles. The van der Waals surface area contributed by atoms with Crippen LogP contribution >= 0.6 is 15.9 Å². The summed E-state index contributed by atoms with van der Waals surface area (Å²) in [6.45, 7) is 0. The molecule has 2 N–H and O–H groups in total. The van der Waals surface area contributed by atoms with Crippen LogP contribution in [0.25, 0.3) is 16.5 Å². The molecular weight excluding hydrogens is 304 g/mol. The van der Waals surface area contributed by atoms with Crippen LogP contribution in [0.4, 0.5) is 5.82 Å². The van der Waals surface area contributed by atoms with Crippen LogP contribution in [0.5, 0.6) is 0 Å². The van der Waals surface area contributed by atoms with Crippen molar-refractivity contribution in [3.8, 4) is 5.69 Å². The fraction of sp³-hybridized carbons (Fsp3) is 0. The molecule has 0 radical (unpaired) electrons. The summed E-state index contributed by atoms with van der Waals surface area (Å²) >= 11 is 3.45. The Labute approximate surface area is 118 Å². The number of hydrogen-bond acceptors (Lipinski definition) is 2. The van der Waals surface area contributed by atoms with Crippen molar-refractivity contribution in [2.45, 2.75) is 0 Å². The van der Waals surface area contributed by atoms with E-state index in [0.29, 0.717) is 11.2 Å². The normalized spacial score (nSPS) is 10.8. The van der Waals surface area contributed by atoms with Crippen LogP contribution in [0.3, 0.4) is 0 Å². The molecule has 0 unspecified atom stereocenters. The molecule has 0 saturated heterocycles. The third-order valence-corrected chi connectivity index (χ3v) is 3.72. The van der Waals surface area contributed by atoms with E-state index >= 15 is 0 Å². The monoisotopic (exact) mass is 314 g/mol. The van der Waals surface area contributed by atoms with E-state index in [1.165, 1.54) is 4.57 Å². The van der Waals surface area contributed by atoms with Crippen LogP contribution in [0.15, 0.2) is 63.9 Å². The van der Waals surface area contributed by atoms with E-state index in [9.17, 15) is 4.79 Å². The second-order valence-corrected chi connectivity index (χ2v) is 5.10. The average molecular weight is 315 g/mol. The van der Waals surface area contributed by atoms with Gasteiger partial charge in [0.2, 0.25) is 0 Å². The Morgan fingerprint density at radius 2 is 1.68 bits per heavy atom. The van der Waals surface area contributed by atoms with Gasteiger partial charge in [0.05, 0.1) is 5.69 Å². The van der Waals surface area contributed by atoms with Crippen molar-refractivity contribution in [1.29, 1.82) is 0 Å². The Hall–Kier alpha value is -2.07. The van der Waals surface area contributed by atoms with Crippen LogP contribution in [0.2, 0.25) is 0 Å². The summed E-state index contributed by atoms with van der Waals surface area (Å²) in [6.07, 6.45) is 0. The first-order valence-corrected chi connectivity index (χ1v) is 6.63. The summed E-state index contributed by atoms with van der Waals surface area (Å²) in [6, 6.07) is 16.8. The van der Waals surface area contributed by atoms with Gasteiger partial charge < -0.3 is 5.73 Å². The fourth-order valence-electron chi connectivity index (χ4n) is 2.16. The molecule has 3 rings (SSSR count). The second kappa shape index (κ2) is 4.55. The van der Waals surface area contributed by atoms with Gasteiger partial charge >= 0.3 is 0 Å². The Balaban J connectivity index is 2.43. The highest BCUT2D eigenvalue weighted by atomic mass is 79.9. The van der Waals surface area contributed by atoms with E-state index in [0.717, 1.165) is 15.5 Å². The first-order valence-electron chi connectivity index (χ1n) is 5.83. The number of fused-ring (bicyclic) bond motifs is 1. The Bertz CT molecular complexity index is 824. The van der Waals surface area contributed by atoms with Gasteiger partial charge in [-0.15, -0.1) is 0 Å². The highest BCUT2D eigenvalue weighted by molar-refractivity contribution is 9.10. The molecule has 1 aromatic heterocycles. The van der Waals surface area contributed by atoms with Crippen LogP contribution in [0, 0.1) is 0 Å². The second-order valence-electron chi connectivity index (χ2n) is 4.25. The topological polar surface area (TPSA) is 48.0 Å². The van der Waals surface area contributed by atoms with Crippen LogP contribution in [-0.4, -0.2) is 4.57 Å². The Morgan fingerprint density at radius 3 is 2.47 bits per heavy atom. The minimum absolute atomic E-state index is 0.109. The molecule has 0 amide bonds. The van der Waals surface area contributed by atoms with E-state index in [1.54, 1.807) is 0 Å². The quantitative estimate of drug-likeness (QED) is 0.749. The molecule has 0 atom stereocenters. The minimum atomic E-state index is -0.109. The molecule has 0 bridgehead atoms. The molecule has 0 saturated carbocycles. The molecule has 3 aromatic rings. The number of pyridine rings is 1. The minimum Gasteiger partial charge on any atom is -0.385 e. The maximum atomic E-state index is 12.6. The number of para-hydroxylation sites is 1. The average Bonchev–Trinajstić information content (AvgIpc) is 2.41. The SMILES string of the molecule is Nc1cc2ccccc2c(=O)n1-c1ccccc1Br. The summed E-state index contributed by atoms with van der Waals surface area (Å²) in [5.74, 6) is 0.426. The fourth-order valence-corrected chi connectivity index (χ4v) is 2.62. The van der Waals surface area contributed by atoms with Gasteiger partial charge in [0.25, 0.3) is 5.56 Å². The molecule has 19 heavy (non-hydrogen) atoms. The maximum absolute atomic E-state index is 12.6. The number of nitrogens with two attached hydrogens (primary N) is 1. The van der Waals surface area contributed by atoms with Gasteiger partial charge in [-0.1, -0.05) is 30.3 Å². The molecule has 0 fully saturated rings. The lowest BCUT2D eigenvalue weighted by Gasteiger charge is -2.12. The number of rotatable bonds is 1. The van der Waals surface area contributed by atoms with Crippen molar-refractivity contribution in [3.05, 3.63) is 69.4 Å². The third kappa shape index (κ3) is 1.94. The highest BCUT2D eigenvalue weighted by Crippen LogP contribution is 2.23. The molecule has 0 aliphatic rings. The van der Waals surface area contributed by atoms with E-state index in [1.807, 2.05) is 54.6 Å². The van der Waals surface area contributed by atoms with Gasteiger partial charge in [-0.25, -0.2) is 0 Å². The predicted molar refractivity (Wildman–Crippen MR) is 81.7 cm³/mol. The lowest BCUT2D eigenvalue weighted by atomic mass is 10.1. The van der Waals surface area contributed by atoms with E-state index < -0.39 is 0 Å². The van der Waals surface area contributed by atoms with Crippen molar-refractivity contribution in [3.63, 3.8) is 0 Å². The van der Waals surface area contributed by atoms with Gasteiger partial charge in [0.1, 0.15) is 5.82 Å². The van der Waals surface area contributed by atoms with Crippen LogP contribution in [-0.2, 0) is 0 Å². The van der Waals surface area contributed by atoms with Crippen molar-refractivity contribution in [2.24, 2.45) is 0 Å². The number of anilines is 1. The van der Waals surface area contributed by atoms with Gasteiger partial charge in [0, 0.05) is 9.86 Å². The van der Waals surface area contributed by atoms with Crippen LogP contribution < -0.4 is 11.3 Å². The molecule has 94 valence electrons. The number of nitrogens with zero attached hydrogens (tertiary/aromatic N) is 1. The largest absolute Gasteiger partial charge is 0.385 e. The van der Waals surface area contributed by atoms with E-state index in [4.69, 9.17) is 5.73 Å². The predicted octanol–water partition coefficient (Wildman–Crippen LogP) is 3.34. The summed E-state index contributed by atoms with van der Waals surface area (Å²) < 4.78 is 2.35. The smallest absolute Gasteiger partial charge is 0.264 e. The first kappa shape index (κ1) is 12.0. The van der Waals surface area contributed by atoms with Gasteiger partial charge in [0.15, 0.2) is 0 Å². The number of aromatic nitrogens is 1. The maximum Gasteiger partial charge on any atom is 0.264 e. The number of benzene rings is 2. The number of hydrogen-bond donors (Lipinski definition) is 1. The zero-order chi connectivity index (χ0) is 13.4. The zero-order valence-electron chi connectivity index (χ0n) is 10.0. The summed E-state index contributed by atoms with van der Waals surface area (Å²) in [5.41, 5.74) is 6.67. The summed E-state index contributed by atoms with van der Waals surface area (Å²) in [4.78, 5) is 12.6. The van der Waals surface area contributed by atoms with E-state index in [2.05, 4.69) is 15.9 Å². The van der Waals surface area contributed by atoms with Crippen molar-refractivity contribution < 1.29 is 0 Å². The Morgan fingerprint density at radius 1 is 1.00 bits per heavy atom. The third-order valence-electron chi connectivity index (χ3n) is 3.05. The molecule has 2 aromatic carbocycles. The molecular formula is C15H11BrN2O. The molecule has 1 heterocycles. The standard InChI is InChI=1S/C15H11BrN2O/c16-12-7-3-4-8-13(12)18-14(17)9-10-5-1-2-6-11(10)15(18)19/h1-9H,17H2. The van der Waals surface area contributed by atoms with Crippen molar-refractivity contribution in [2.75, 3.05) is 5.73 Å². The molecule has 3 nitrogen and oxygen atoms in total. The van der Waals surface area contributed by atoms with Gasteiger partial charge in [-0.05, 0) is 45.6 Å². The highest BCUT2D eigenvalue weighted by Gasteiger charge is 2.10. The number of nitrogen functional groups attached to an aromatic ring is 1. The first-order chi connectivity index (χ1) is 9.18. The van der Waals surface area contributed by atoms with E-state index in [-0.39, 0.29) is 5.56 Å². The zero-order valence-corrected chi connectivity index (χ0v) is 11.6. The van der Waals surface area contributed by atoms with Gasteiger partial charge in [-0.2, -0.15) is 0 Å². The lowest BCUT2D eigenvalue weighted by molar-refractivity contribution is 1.02. The van der Waals surface area contributed by atoms with Crippen LogP contribution in [0.1, 0.15) is 0 Å². The lowest BCUT2D eigenvalue weighted by Crippen LogP contribution is -2.21. The van der Waals surface area contributed by atoms with Crippen molar-refractivity contribution in [1.82, 2.24) is 4.57 Å². The van der Waals surface area contributed by atoms with Gasteiger partial charge in [-0.3, -0.25) is 9.36 Å². The Kier molecular flexibility index (Phi) is 2.87. The van der Waals surface area contributed by atoms with Crippen molar-refractivity contribution >= 4 is 32.5 Å². The molecule has 4 heteroatoms.